The summed E-state index contributed by atoms with van der Waals surface area (Å²) >= 11 is 0. The first kappa shape index (κ1) is 13.2. The molecule has 1 aromatic carbocycles. The lowest BCUT2D eigenvalue weighted by Crippen LogP contribution is -2.28. The molecule has 1 unspecified atom stereocenters. The highest BCUT2D eigenvalue weighted by Gasteiger charge is 2.27. The van der Waals surface area contributed by atoms with E-state index in [9.17, 15) is 13.2 Å². The average Bonchev–Trinajstić information content (AvgIpc) is 2.81. The van der Waals surface area contributed by atoms with Crippen molar-refractivity contribution >= 4 is 0 Å². The molecule has 1 fully saturated rings. The lowest BCUT2D eigenvalue weighted by atomic mass is 9.99. The molecule has 2 nitrogen and oxygen atoms in total. The molecule has 0 aromatic heterocycles. The van der Waals surface area contributed by atoms with Gasteiger partial charge in [0, 0.05) is 24.6 Å². The Balaban J connectivity index is 2.16. The van der Waals surface area contributed by atoms with Gasteiger partial charge in [0.05, 0.1) is 0 Å². The highest BCUT2D eigenvalue weighted by Crippen LogP contribution is 2.27. The van der Waals surface area contributed by atoms with E-state index in [-0.39, 0.29) is 12.0 Å². The molecule has 2 atom stereocenters. The van der Waals surface area contributed by atoms with Gasteiger partial charge in [-0.25, -0.2) is 13.2 Å². The van der Waals surface area contributed by atoms with E-state index in [2.05, 4.69) is 5.32 Å². The maximum atomic E-state index is 13.5. The summed E-state index contributed by atoms with van der Waals surface area (Å²) in [6, 6.07) is 1.27. The van der Waals surface area contributed by atoms with Crippen molar-refractivity contribution in [2.45, 2.75) is 25.9 Å². The molecule has 1 aliphatic rings. The zero-order valence-corrected chi connectivity index (χ0v) is 10.2. The van der Waals surface area contributed by atoms with Crippen LogP contribution < -0.4 is 10.1 Å². The van der Waals surface area contributed by atoms with Crippen LogP contribution in [0.3, 0.4) is 0 Å². The molecule has 0 bridgehead atoms. The Kier molecular flexibility index (Phi) is 4.11. The van der Waals surface area contributed by atoms with Gasteiger partial charge in [-0.3, -0.25) is 0 Å². The largest absolute Gasteiger partial charge is 0.484 e. The van der Waals surface area contributed by atoms with E-state index >= 15 is 0 Å². The van der Waals surface area contributed by atoms with Crippen LogP contribution in [0.25, 0.3) is 0 Å². The summed E-state index contributed by atoms with van der Waals surface area (Å²) in [6.45, 7) is 3.57. The maximum Gasteiger partial charge on any atom is 0.191 e. The standard InChI is InChI=1S/C13H16F3NO/c1-2-12(8-3-4-17-7-8)18-13-10(15)5-9(14)6-11(13)16/h5-6,8,12,17H,2-4,7H2,1H3/t8?,12-/m0/s1. The van der Waals surface area contributed by atoms with Crippen molar-refractivity contribution < 1.29 is 17.9 Å². The van der Waals surface area contributed by atoms with Crippen LogP contribution in [0.2, 0.25) is 0 Å². The fraction of sp³-hybridized carbons (Fsp3) is 0.538. The van der Waals surface area contributed by atoms with Gasteiger partial charge >= 0.3 is 0 Å². The first-order chi connectivity index (χ1) is 8.61. The van der Waals surface area contributed by atoms with Crippen LogP contribution >= 0.6 is 0 Å². The summed E-state index contributed by atoms with van der Waals surface area (Å²) < 4.78 is 45.1. The highest BCUT2D eigenvalue weighted by molar-refractivity contribution is 5.27. The van der Waals surface area contributed by atoms with E-state index in [1.165, 1.54) is 0 Å². The number of ether oxygens (including phenoxy) is 1. The molecule has 1 aromatic rings. The van der Waals surface area contributed by atoms with E-state index in [0.29, 0.717) is 18.6 Å². The van der Waals surface area contributed by atoms with Crippen molar-refractivity contribution in [3.8, 4) is 5.75 Å². The predicted octanol–water partition coefficient (Wildman–Crippen LogP) is 2.87. The monoisotopic (exact) mass is 259 g/mol. The van der Waals surface area contributed by atoms with Crippen LogP contribution in [0.15, 0.2) is 12.1 Å². The Morgan fingerprint density at radius 1 is 1.33 bits per heavy atom. The van der Waals surface area contributed by atoms with Crippen LogP contribution in [-0.4, -0.2) is 19.2 Å². The van der Waals surface area contributed by atoms with Gasteiger partial charge in [0.2, 0.25) is 0 Å². The maximum absolute atomic E-state index is 13.5. The Morgan fingerprint density at radius 3 is 2.50 bits per heavy atom. The van der Waals surface area contributed by atoms with E-state index in [0.717, 1.165) is 19.5 Å². The van der Waals surface area contributed by atoms with Crippen LogP contribution in [0.4, 0.5) is 13.2 Å². The fourth-order valence-electron chi connectivity index (χ4n) is 2.30. The number of hydrogen-bond acceptors (Lipinski definition) is 2. The van der Waals surface area contributed by atoms with Crippen molar-refractivity contribution in [3.05, 3.63) is 29.6 Å². The number of benzene rings is 1. The minimum Gasteiger partial charge on any atom is -0.484 e. The van der Waals surface area contributed by atoms with Crippen molar-refractivity contribution in [2.75, 3.05) is 13.1 Å². The normalized spacial score (nSPS) is 21.0. The van der Waals surface area contributed by atoms with Crippen LogP contribution in [0, 0.1) is 23.4 Å². The molecular formula is C13H16F3NO. The van der Waals surface area contributed by atoms with Crippen molar-refractivity contribution in [3.63, 3.8) is 0 Å². The molecule has 100 valence electrons. The second-order valence-corrected chi connectivity index (χ2v) is 4.52. The second kappa shape index (κ2) is 5.61. The number of nitrogens with one attached hydrogen (secondary N) is 1. The first-order valence-corrected chi connectivity index (χ1v) is 6.13. The SMILES string of the molecule is CC[C@H](Oc1c(F)cc(F)cc1F)C1CCNC1. The minimum atomic E-state index is -0.989. The predicted molar refractivity (Wildman–Crippen MR) is 62.0 cm³/mol. The zero-order valence-electron chi connectivity index (χ0n) is 10.2. The van der Waals surface area contributed by atoms with Gasteiger partial charge in [-0.05, 0) is 19.4 Å². The van der Waals surface area contributed by atoms with Crippen LogP contribution in [-0.2, 0) is 0 Å². The zero-order chi connectivity index (χ0) is 13.1. The third-order valence-corrected chi connectivity index (χ3v) is 3.26. The van der Waals surface area contributed by atoms with Gasteiger partial charge in [-0.1, -0.05) is 6.92 Å². The molecule has 1 saturated heterocycles. The van der Waals surface area contributed by atoms with E-state index < -0.39 is 23.2 Å². The molecule has 0 amide bonds. The number of rotatable bonds is 4. The smallest absolute Gasteiger partial charge is 0.191 e. The quantitative estimate of drug-likeness (QED) is 0.897. The molecule has 2 rings (SSSR count). The summed E-state index contributed by atoms with van der Waals surface area (Å²) in [5, 5.41) is 3.18. The number of halogens is 3. The van der Waals surface area contributed by atoms with Gasteiger partial charge in [0.1, 0.15) is 11.9 Å². The fourth-order valence-corrected chi connectivity index (χ4v) is 2.30. The van der Waals surface area contributed by atoms with Gasteiger partial charge in [0.25, 0.3) is 0 Å². The molecule has 0 radical (unpaired) electrons. The Bertz CT molecular complexity index is 396. The lowest BCUT2D eigenvalue weighted by molar-refractivity contribution is 0.126. The summed E-state index contributed by atoms with van der Waals surface area (Å²) in [7, 11) is 0. The van der Waals surface area contributed by atoms with Crippen molar-refractivity contribution in [2.24, 2.45) is 5.92 Å². The van der Waals surface area contributed by atoms with E-state index in [4.69, 9.17) is 4.74 Å². The molecule has 0 saturated carbocycles. The summed E-state index contributed by atoms with van der Waals surface area (Å²) in [5.74, 6) is -3.16. The van der Waals surface area contributed by atoms with E-state index in [1.54, 1.807) is 0 Å². The van der Waals surface area contributed by atoms with Gasteiger partial charge in [0.15, 0.2) is 17.4 Å². The van der Waals surface area contributed by atoms with Gasteiger partial charge in [-0.15, -0.1) is 0 Å². The van der Waals surface area contributed by atoms with Crippen LogP contribution in [0.5, 0.6) is 5.75 Å². The molecule has 0 aliphatic carbocycles. The Hall–Kier alpha value is -1.23. The molecule has 1 N–H and O–H groups in total. The molecule has 18 heavy (non-hydrogen) atoms. The van der Waals surface area contributed by atoms with Crippen molar-refractivity contribution in [1.29, 1.82) is 0 Å². The first-order valence-electron chi connectivity index (χ1n) is 6.13. The molecule has 1 aliphatic heterocycles. The second-order valence-electron chi connectivity index (χ2n) is 4.52. The molecule has 0 spiro atoms. The Labute approximate surface area is 104 Å². The Morgan fingerprint density at radius 2 is 2.00 bits per heavy atom. The molecular weight excluding hydrogens is 243 g/mol. The van der Waals surface area contributed by atoms with Crippen molar-refractivity contribution in [1.82, 2.24) is 5.32 Å². The topological polar surface area (TPSA) is 21.3 Å². The third kappa shape index (κ3) is 2.77. The highest BCUT2D eigenvalue weighted by atomic mass is 19.1. The van der Waals surface area contributed by atoms with E-state index in [1.807, 2.05) is 6.92 Å². The minimum absolute atomic E-state index is 0.235. The number of hydrogen-bond donors (Lipinski definition) is 1. The molecule has 1 heterocycles. The summed E-state index contributed by atoms with van der Waals surface area (Å²) in [4.78, 5) is 0. The van der Waals surface area contributed by atoms with Crippen LogP contribution in [0.1, 0.15) is 19.8 Å². The lowest BCUT2D eigenvalue weighted by Gasteiger charge is -2.23. The summed E-state index contributed by atoms with van der Waals surface area (Å²) in [5.41, 5.74) is 0. The third-order valence-electron chi connectivity index (χ3n) is 3.26. The van der Waals surface area contributed by atoms with Gasteiger partial charge < -0.3 is 10.1 Å². The molecule has 5 heteroatoms. The summed E-state index contributed by atoms with van der Waals surface area (Å²) in [6.07, 6.45) is 1.32. The van der Waals surface area contributed by atoms with Gasteiger partial charge in [-0.2, -0.15) is 0 Å². The average molecular weight is 259 g/mol.